The Balaban J connectivity index is 2.41. The number of aliphatic hydroxyl groups is 1. The first-order valence-electron chi connectivity index (χ1n) is 8.70. The summed E-state index contributed by atoms with van der Waals surface area (Å²) in [5.74, 6) is -1.79. The van der Waals surface area contributed by atoms with Crippen LogP contribution in [0.2, 0.25) is 0 Å². The Morgan fingerprint density at radius 2 is 1.73 bits per heavy atom. The van der Waals surface area contributed by atoms with Crippen LogP contribution >= 0.6 is 7.37 Å². The summed E-state index contributed by atoms with van der Waals surface area (Å²) in [6.07, 6.45) is 0.698. The van der Waals surface area contributed by atoms with E-state index >= 15 is 0 Å². The molecule has 2 aromatic carbocycles. The molecule has 0 fully saturated rings. The van der Waals surface area contributed by atoms with Crippen LogP contribution in [-0.2, 0) is 9.09 Å². The third kappa shape index (κ3) is 4.73. The largest absolute Gasteiger partial charge is 0.378 e. The van der Waals surface area contributed by atoms with Gasteiger partial charge in [-0.05, 0) is 42.7 Å². The maximum absolute atomic E-state index is 14.2. The number of hydrogen-bond acceptors (Lipinski definition) is 4. The lowest BCUT2D eigenvalue weighted by Crippen LogP contribution is -2.17. The molecule has 6 heteroatoms. The minimum Gasteiger partial charge on any atom is -0.378 e. The highest BCUT2D eigenvalue weighted by molar-refractivity contribution is 7.67. The van der Waals surface area contributed by atoms with Crippen LogP contribution in [0.15, 0.2) is 48.5 Å². The lowest BCUT2D eigenvalue weighted by molar-refractivity contribution is 0.205. The molecule has 142 valence electrons. The van der Waals surface area contributed by atoms with Crippen molar-refractivity contribution in [1.82, 2.24) is 0 Å². The van der Waals surface area contributed by atoms with E-state index in [0.717, 1.165) is 5.69 Å². The maximum Gasteiger partial charge on any atom is 0.264 e. The first kappa shape index (κ1) is 20.6. The SMILES string of the molecule is CC(C)CCO[P@](=O)(c1ccc(N(C)C)cc1)[C@@H](O)c1ccccc1F. The van der Waals surface area contributed by atoms with Gasteiger partial charge in [0.05, 0.1) is 6.61 Å². The highest BCUT2D eigenvalue weighted by Crippen LogP contribution is 2.58. The molecule has 0 bridgehead atoms. The molecular weight excluding hydrogens is 352 g/mol. The Labute approximate surface area is 155 Å². The first-order valence-corrected chi connectivity index (χ1v) is 10.4. The number of halogens is 1. The van der Waals surface area contributed by atoms with Gasteiger partial charge in [0, 0.05) is 30.7 Å². The van der Waals surface area contributed by atoms with Gasteiger partial charge in [0.1, 0.15) is 5.82 Å². The zero-order valence-corrected chi connectivity index (χ0v) is 16.6. The predicted molar refractivity (Wildman–Crippen MR) is 105 cm³/mol. The van der Waals surface area contributed by atoms with Crippen molar-refractivity contribution < 1.29 is 18.6 Å². The van der Waals surface area contributed by atoms with Crippen LogP contribution in [0.5, 0.6) is 0 Å². The average Bonchev–Trinajstić information content (AvgIpc) is 2.61. The molecule has 0 aromatic heterocycles. The summed E-state index contributed by atoms with van der Waals surface area (Å²) in [6.45, 7) is 4.30. The summed E-state index contributed by atoms with van der Waals surface area (Å²) in [4.78, 5) is 1.92. The van der Waals surface area contributed by atoms with E-state index in [9.17, 15) is 14.1 Å². The topological polar surface area (TPSA) is 49.8 Å². The van der Waals surface area contributed by atoms with Crippen LogP contribution in [0, 0.1) is 11.7 Å². The van der Waals surface area contributed by atoms with Gasteiger partial charge in [0.25, 0.3) is 7.37 Å². The van der Waals surface area contributed by atoms with Gasteiger partial charge in [-0.3, -0.25) is 4.57 Å². The van der Waals surface area contributed by atoms with Crippen LogP contribution in [-0.4, -0.2) is 25.8 Å². The van der Waals surface area contributed by atoms with Crippen LogP contribution in [0.25, 0.3) is 0 Å². The minimum atomic E-state index is -3.72. The van der Waals surface area contributed by atoms with E-state index in [1.54, 1.807) is 18.2 Å². The molecule has 0 saturated carbocycles. The van der Waals surface area contributed by atoms with Gasteiger partial charge >= 0.3 is 0 Å². The lowest BCUT2D eigenvalue weighted by atomic mass is 10.2. The molecule has 4 nitrogen and oxygen atoms in total. The van der Waals surface area contributed by atoms with Crippen molar-refractivity contribution in [3.63, 3.8) is 0 Å². The zero-order chi connectivity index (χ0) is 19.3. The molecule has 0 heterocycles. The smallest absolute Gasteiger partial charge is 0.264 e. The van der Waals surface area contributed by atoms with Gasteiger partial charge < -0.3 is 14.5 Å². The van der Waals surface area contributed by atoms with Crippen molar-refractivity contribution >= 4 is 18.4 Å². The third-order valence-corrected chi connectivity index (χ3v) is 6.72. The molecule has 2 rings (SSSR count). The molecule has 0 aliphatic carbocycles. The van der Waals surface area contributed by atoms with Gasteiger partial charge in [-0.2, -0.15) is 0 Å². The molecule has 26 heavy (non-hydrogen) atoms. The lowest BCUT2D eigenvalue weighted by Gasteiger charge is -2.25. The van der Waals surface area contributed by atoms with Crippen LogP contribution in [0.4, 0.5) is 10.1 Å². The fraction of sp³-hybridized carbons (Fsp3) is 0.400. The second-order valence-electron chi connectivity index (χ2n) is 6.92. The van der Waals surface area contributed by atoms with E-state index in [2.05, 4.69) is 0 Å². The molecular formula is C20H27FNO3P. The third-order valence-electron chi connectivity index (χ3n) is 4.21. The summed E-state index contributed by atoms with van der Waals surface area (Å²) in [5, 5.41) is 11.2. The number of anilines is 1. The summed E-state index contributed by atoms with van der Waals surface area (Å²) in [5.41, 5.74) is 0.917. The average molecular weight is 379 g/mol. The number of nitrogens with zero attached hydrogens (tertiary/aromatic N) is 1. The van der Waals surface area contributed by atoms with E-state index in [1.807, 2.05) is 45.0 Å². The van der Waals surface area contributed by atoms with Gasteiger partial charge in [0.15, 0.2) is 5.85 Å². The van der Waals surface area contributed by atoms with E-state index in [1.165, 1.54) is 18.2 Å². The fourth-order valence-electron chi connectivity index (χ4n) is 2.54. The Kier molecular flexibility index (Phi) is 6.99. The van der Waals surface area contributed by atoms with Gasteiger partial charge in [0.2, 0.25) is 0 Å². The van der Waals surface area contributed by atoms with E-state index in [-0.39, 0.29) is 12.2 Å². The highest BCUT2D eigenvalue weighted by atomic mass is 31.2. The second-order valence-corrected chi connectivity index (χ2v) is 9.38. The molecule has 0 spiro atoms. The standard InChI is InChI=1S/C20H27FNO3P/c1-15(2)13-14-25-26(24,17-11-9-16(10-12-17)22(3)4)20(23)18-7-5-6-8-19(18)21/h5-12,15,20,23H,13-14H2,1-4H3/t20-,26-/m1/s1. The van der Waals surface area contributed by atoms with E-state index in [4.69, 9.17) is 4.52 Å². The molecule has 0 aliphatic heterocycles. The summed E-state index contributed by atoms with van der Waals surface area (Å²) >= 11 is 0. The van der Waals surface area contributed by atoms with Crippen LogP contribution in [0.1, 0.15) is 31.7 Å². The predicted octanol–water partition coefficient (Wildman–Crippen LogP) is 4.55. The summed E-state index contributed by atoms with van der Waals surface area (Å²) < 4.78 is 33.6. The van der Waals surface area contributed by atoms with Crippen molar-refractivity contribution in [3.8, 4) is 0 Å². The van der Waals surface area contributed by atoms with Gasteiger partial charge in [-0.1, -0.05) is 32.0 Å². The van der Waals surface area contributed by atoms with Gasteiger partial charge in [-0.25, -0.2) is 4.39 Å². The maximum atomic E-state index is 14.2. The quantitative estimate of drug-likeness (QED) is 0.684. The zero-order valence-electron chi connectivity index (χ0n) is 15.7. The van der Waals surface area contributed by atoms with Crippen molar-refractivity contribution in [3.05, 3.63) is 59.9 Å². The fourth-order valence-corrected chi connectivity index (χ4v) is 4.63. The molecule has 0 radical (unpaired) electrons. The van der Waals surface area contributed by atoms with Crippen LogP contribution in [0.3, 0.4) is 0 Å². The Bertz CT molecular complexity index is 762. The van der Waals surface area contributed by atoms with Crippen molar-refractivity contribution in [2.45, 2.75) is 26.1 Å². The van der Waals surface area contributed by atoms with Crippen molar-refractivity contribution in [1.29, 1.82) is 0 Å². The van der Waals surface area contributed by atoms with Crippen LogP contribution < -0.4 is 10.2 Å². The molecule has 2 atom stereocenters. The monoisotopic (exact) mass is 379 g/mol. The Morgan fingerprint density at radius 1 is 1.12 bits per heavy atom. The van der Waals surface area contributed by atoms with E-state index < -0.39 is 19.0 Å². The molecule has 0 saturated heterocycles. The van der Waals surface area contributed by atoms with Crippen molar-refractivity contribution in [2.24, 2.45) is 5.92 Å². The van der Waals surface area contributed by atoms with Gasteiger partial charge in [-0.15, -0.1) is 0 Å². The normalized spacial score (nSPS) is 14.9. The number of benzene rings is 2. The number of hydrogen-bond donors (Lipinski definition) is 1. The summed E-state index contributed by atoms with van der Waals surface area (Å²) in [6, 6.07) is 12.8. The van der Waals surface area contributed by atoms with E-state index in [0.29, 0.717) is 17.6 Å². The Hall–Kier alpha value is -1.68. The second kappa shape index (κ2) is 8.81. The number of aliphatic hydroxyl groups excluding tert-OH is 1. The molecule has 0 amide bonds. The highest BCUT2D eigenvalue weighted by Gasteiger charge is 2.37. The summed E-state index contributed by atoms with van der Waals surface area (Å²) in [7, 11) is 0.0885. The molecule has 0 unspecified atom stereocenters. The minimum absolute atomic E-state index is 0.0166. The molecule has 2 aromatic rings. The van der Waals surface area contributed by atoms with Crippen molar-refractivity contribution in [2.75, 3.05) is 25.6 Å². The Morgan fingerprint density at radius 3 is 2.27 bits per heavy atom. The number of rotatable bonds is 8. The molecule has 1 N–H and O–H groups in total. The molecule has 0 aliphatic rings. The first-order chi connectivity index (χ1) is 12.3.